The zero-order chi connectivity index (χ0) is 19.2. The fourth-order valence-electron chi connectivity index (χ4n) is 4.45. The van der Waals surface area contributed by atoms with Crippen molar-refractivity contribution in [2.75, 3.05) is 18.0 Å². The molecule has 1 aliphatic heterocycles. The van der Waals surface area contributed by atoms with Gasteiger partial charge in [-0.1, -0.05) is 18.2 Å². The molecule has 0 unspecified atom stereocenters. The molecule has 1 aromatic heterocycles. The molecular formula is C19H18F3N3O2. The van der Waals surface area contributed by atoms with Gasteiger partial charge in [-0.05, 0) is 48.3 Å². The number of benzene rings is 1. The van der Waals surface area contributed by atoms with Gasteiger partial charge in [-0.25, -0.2) is 14.8 Å². The monoisotopic (exact) mass is 377 g/mol. The summed E-state index contributed by atoms with van der Waals surface area (Å²) in [6, 6.07) is 7.17. The summed E-state index contributed by atoms with van der Waals surface area (Å²) in [7, 11) is 0. The highest BCUT2D eigenvalue weighted by Gasteiger charge is 2.44. The number of hydrogen-bond donors (Lipinski definition) is 1. The van der Waals surface area contributed by atoms with Crippen LogP contribution < -0.4 is 4.90 Å². The lowest BCUT2D eigenvalue weighted by atomic mass is 9.91. The van der Waals surface area contributed by atoms with Crippen LogP contribution in [-0.4, -0.2) is 34.1 Å². The quantitative estimate of drug-likeness (QED) is 0.881. The summed E-state index contributed by atoms with van der Waals surface area (Å²) in [6.07, 6.45) is -1.55. The molecule has 1 saturated heterocycles. The van der Waals surface area contributed by atoms with Crippen molar-refractivity contribution in [3.05, 3.63) is 53.3 Å². The van der Waals surface area contributed by atoms with Crippen LogP contribution in [0.4, 0.5) is 19.1 Å². The van der Waals surface area contributed by atoms with Crippen molar-refractivity contribution in [2.24, 2.45) is 11.8 Å². The Morgan fingerprint density at radius 2 is 1.78 bits per heavy atom. The molecule has 1 aliphatic carbocycles. The Kier molecular flexibility index (Phi) is 4.28. The molecule has 8 heteroatoms. The van der Waals surface area contributed by atoms with E-state index < -0.39 is 17.7 Å². The molecule has 2 heterocycles. The molecular weight excluding hydrogens is 359 g/mol. The van der Waals surface area contributed by atoms with Crippen molar-refractivity contribution >= 4 is 11.9 Å². The molecule has 0 amide bonds. The van der Waals surface area contributed by atoms with Gasteiger partial charge in [0, 0.05) is 19.3 Å². The molecule has 4 rings (SSSR count). The number of rotatable bonds is 3. The van der Waals surface area contributed by atoms with E-state index >= 15 is 0 Å². The molecule has 0 spiro atoms. The number of alkyl halides is 3. The molecule has 1 N–H and O–H groups in total. The normalized spacial score (nSPS) is 24.9. The molecule has 2 fully saturated rings. The number of aromatic carboxylic acids is 1. The van der Waals surface area contributed by atoms with E-state index in [0.717, 1.165) is 6.07 Å². The minimum atomic E-state index is -4.34. The van der Waals surface area contributed by atoms with Crippen molar-refractivity contribution in [1.82, 2.24) is 9.97 Å². The summed E-state index contributed by atoms with van der Waals surface area (Å²) in [4.78, 5) is 21.2. The summed E-state index contributed by atoms with van der Waals surface area (Å²) < 4.78 is 39.9. The van der Waals surface area contributed by atoms with Crippen LogP contribution in [0.1, 0.15) is 40.4 Å². The summed E-state index contributed by atoms with van der Waals surface area (Å²) in [5.41, 5.74) is -0.214. The van der Waals surface area contributed by atoms with Crippen LogP contribution >= 0.6 is 0 Å². The van der Waals surface area contributed by atoms with Crippen LogP contribution in [0.2, 0.25) is 0 Å². The van der Waals surface area contributed by atoms with Crippen LogP contribution in [0.25, 0.3) is 0 Å². The zero-order valence-corrected chi connectivity index (χ0v) is 14.4. The highest BCUT2D eigenvalue weighted by atomic mass is 19.4. The van der Waals surface area contributed by atoms with Crippen molar-refractivity contribution in [3.8, 4) is 0 Å². The molecule has 2 aromatic rings. The number of fused-ring (bicyclic) bond motifs is 1. The molecule has 0 radical (unpaired) electrons. The topological polar surface area (TPSA) is 66.3 Å². The lowest BCUT2D eigenvalue weighted by Crippen LogP contribution is -2.24. The molecule has 1 saturated carbocycles. The second-order valence-electron chi connectivity index (χ2n) is 7.23. The van der Waals surface area contributed by atoms with E-state index in [1.165, 1.54) is 18.3 Å². The zero-order valence-electron chi connectivity index (χ0n) is 14.4. The third-order valence-corrected chi connectivity index (χ3v) is 5.60. The SMILES string of the molecule is O=C(O)c1ccnc(N2C[C@H]3C[C@H](c4ccccc4C(F)(F)F)C[C@H]3C2)n1. The number of carboxylic acids is 1. The van der Waals surface area contributed by atoms with Crippen molar-refractivity contribution in [1.29, 1.82) is 0 Å². The van der Waals surface area contributed by atoms with Gasteiger partial charge >= 0.3 is 12.1 Å². The van der Waals surface area contributed by atoms with E-state index in [2.05, 4.69) is 9.97 Å². The molecule has 5 nitrogen and oxygen atoms in total. The fraction of sp³-hybridized carbons (Fsp3) is 0.421. The lowest BCUT2D eigenvalue weighted by molar-refractivity contribution is -0.138. The Morgan fingerprint density at radius 3 is 2.41 bits per heavy atom. The van der Waals surface area contributed by atoms with Crippen molar-refractivity contribution in [2.45, 2.75) is 24.9 Å². The van der Waals surface area contributed by atoms with Gasteiger partial charge < -0.3 is 10.0 Å². The first-order valence-corrected chi connectivity index (χ1v) is 8.80. The average molecular weight is 377 g/mol. The van der Waals surface area contributed by atoms with E-state index in [1.807, 2.05) is 4.90 Å². The highest BCUT2D eigenvalue weighted by molar-refractivity contribution is 5.85. The third kappa shape index (κ3) is 3.36. The van der Waals surface area contributed by atoms with Crippen LogP contribution in [0, 0.1) is 11.8 Å². The first-order chi connectivity index (χ1) is 12.8. The van der Waals surface area contributed by atoms with Gasteiger partial charge in [-0.2, -0.15) is 13.2 Å². The molecule has 3 atom stereocenters. The number of carbonyl (C=O) groups is 1. The largest absolute Gasteiger partial charge is 0.477 e. The standard InChI is InChI=1S/C19H18F3N3O2/c20-19(21,22)15-4-2-1-3-14(15)11-7-12-9-25(10-13(12)8-11)18-23-6-5-16(24-18)17(26)27/h1-6,11-13H,7-10H2,(H,26,27)/t11-,12+,13-. The number of halogens is 3. The number of carboxylic acid groups (broad SMARTS) is 1. The van der Waals surface area contributed by atoms with Gasteiger partial charge in [0.05, 0.1) is 5.56 Å². The smallest absolute Gasteiger partial charge is 0.416 e. The molecule has 2 aliphatic rings. The Bertz CT molecular complexity index is 857. The van der Waals surface area contributed by atoms with Gasteiger partial charge in [0.25, 0.3) is 0 Å². The van der Waals surface area contributed by atoms with E-state index in [0.29, 0.717) is 37.4 Å². The number of hydrogen-bond acceptors (Lipinski definition) is 4. The minimum absolute atomic E-state index is 0.0611. The van der Waals surface area contributed by atoms with Crippen LogP contribution in [0.3, 0.4) is 0 Å². The highest BCUT2D eigenvalue weighted by Crippen LogP contribution is 2.49. The van der Waals surface area contributed by atoms with Crippen molar-refractivity contribution < 1.29 is 23.1 Å². The summed E-state index contributed by atoms with van der Waals surface area (Å²) in [6.45, 7) is 1.27. The van der Waals surface area contributed by atoms with E-state index in [1.54, 1.807) is 12.1 Å². The van der Waals surface area contributed by atoms with E-state index in [4.69, 9.17) is 5.11 Å². The second-order valence-corrected chi connectivity index (χ2v) is 7.23. The second kappa shape index (κ2) is 6.51. The summed E-state index contributed by atoms with van der Waals surface area (Å²) >= 11 is 0. The first kappa shape index (κ1) is 17.8. The third-order valence-electron chi connectivity index (χ3n) is 5.60. The number of anilines is 1. The maximum atomic E-state index is 13.3. The Morgan fingerprint density at radius 1 is 1.11 bits per heavy atom. The predicted molar refractivity (Wildman–Crippen MR) is 91.6 cm³/mol. The Hall–Kier alpha value is -2.64. The maximum absolute atomic E-state index is 13.3. The van der Waals surface area contributed by atoms with Crippen LogP contribution in [0.5, 0.6) is 0 Å². The Balaban J connectivity index is 1.50. The van der Waals surface area contributed by atoms with Gasteiger partial charge in [-0.15, -0.1) is 0 Å². The fourth-order valence-corrected chi connectivity index (χ4v) is 4.45. The first-order valence-electron chi connectivity index (χ1n) is 8.80. The molecule has 27 heavy (non-hydrogen) atoms. The summed E-state index contributed by atoms with van der Waals surface area (Å²) in [5.74, 6) is -0.327. The Labute approximate surface area is 153 Å². The van der Waals surface area contributed by atoms with Crippen molar-refractivity contribution in [3.63, 3.8) is 0 Å². The molecule has 0 bridgehead atoms. The van der Waals surface area contributed by atoms with Gasteiger partial charge in [0.1, 0.15) is 0 Å². The number of nitrogens with zero attached hydrogens (tertiary/aromatic N) is 3. The minimum Gasteiger partial charge on any atom is -0.477 e. The predicted octanol–water partition coefficient (Wildman–Crippen LogP) is 3.82. The molecule has 142 valence electrons. The summed E-state index contributed by atoms with van der Waals surface area (Å²) in [5, 5.41) is 9.07. The van der Waals surface area contributed by atoms with Gasteiger partial charge in [-0.3, -0.25) is 0 Å². The van der Waals surface area contributed by atoms with Gasteiger partial charge in [0.15, 0.2) is 5.69 Å². The van der Waals surface area contributed by atoms with Crippen LogP contribution in [-0.2, 0) is 6.18 Å². The number of aromatic nitrogens is 2. The van der Waals surface area contributed by atoms with E-state index in [-0.39, 0.29) is 23.4 Å². The lowest BCUT2D eigenvalue weighted by Gasteiger charge is -2.21. The average Bonchev–Trinajstić information content (AvgIpc) is 3.20. The van der Waals surface area contributed by atoms with Crippen LogP contribution in [0.15, 0.2) is 36.5 Å². The molecule has 1 aromatic carbocycles. The van der Waals surface area contributed by atoms with E-state index in [9.17, 15) is 18.0 Å². The maximum Gasteiger partial charge on any atom is 0.416 e. The van der Waals surface area contributed by atoms with Gasteiger partial charge in [0.2, 0.25) is 5.95 Å².